The first-order chi connectivity index (χ1) is 6.68. The van der Waals surface area contributed by atoms with Crippen LogP contribution in [0.15, 0.2) is 6.33 Å². The van der Waals surface area contributed by atoms with Crippen LogP contribution in [0.3, 0.4) is 0 Å². The van der Waals surface area contributed by atoms with Crippen molar-refractivity contribution in [2.75, 3.05) is 18.0 Å². The van der Waals surface area contributed by atoms with Crippen LogP contribution in [0.5, 0.6) is 0 Å². The number of anilines is 1. The molecule has 1 aromatic heterocycles. The van der Waals surface area contributed by atoms with Gasteiger partial charge in [-0.15, -0.1) is 0 Å². The van der Waals surface area contributed by atoms with Crippen molar-refractivity contribution in [3.63, 3.8) is 0 Å². The van der Waals surface area contributed by atoms with E-state index in [4.69, 9.17) is 0 Å². The van der Waals surface area contributed by atoms with E-state index in [1.165, 1.54) is 0 Å². The molecule has 0 bridgehead atoms. The molecule has 2 rings (SSSR count). The average molecular weight is 195 g/mol. The number of hydrogen-bond donors (Lipinski definition) is 0. The lowest BCUT2D eigenvalue weighted by Gasteiger charge is -2.18. The fraction of sp³-hybridized carbons (Fsp3) is 0.600. The third kappa shape index (κ3) is 1.56. The highest BCUT2D eigenvalue weighted by atomic mass is 19.1. The number of aryl methyl sites for hydroxylation is 1. The fourth-order valence-corrected chi connectivity index (χ4v) is 1.75. The van der Waals surface area contributed by atoms with Crippen LogP contribution in [0.1, 0.15) is 17.7 Å². The minimum absolute atomic E-state index is 0.470. The minimum Gasteiger partial charge on any atom is -0.353 e. The summed E-state index contributed by atoms with van der Waals surface area (Å²) >= 11 is 0. The second kappa shape index (κ2) is 3.52. The quantitative estimate of drug-likeness (QED) is 0.682. The molecule has 1 atom stereocenters. The number of aromatic nitrogens is 2. The Kier molecular flexibility index (Phi) is 2.35. The second-order valence-electron chi connectivity index (χ2n) is 3.74. The number of alkyl halides is 1. The predicted molar refractivity (Wildman–Crippen MR) is 53.2 cm³/mol. The second-order valence-corrected chi connectivity index (χ2v) is 3.74. The number of rotatable bonds is 1. The van der Waals surface area contributed by atoms with Gasteiger partial charge < -0.3 is 4.90 Å². The molecule has 1 unspecified atom stereocenters. The van der Waals surface area contributed by atoms with Crippen molar-refractivity contribution in [2.24, 2.45) is 0 Å². The molecule has 0 spiro atoms. The molecule has 0 aromatic carbocycles. The predicted octanol–water partition coefficient (Wildman–Crippen LogP) is 1.64. The lowest BCUT2D eigenvalue weighted by molar-refractivity contribution is 0.364. The zero-order chi connectivity index (χ0) is 10.1. The Hall–Kier alpha value is -1.19. The van der Waals surface area contributed by atoms with Gasteiger partial charge in [-0.25, -0.2) is 14.4 Å². The maximum absolute atomic E-state index is 13.0. The summed E-state index contributed by atoms with van der Waals surface area (Å²) in [7, 11) is 0. The van der Waals surface area contributed by atoms with Gasteiger partial charge in [0.2, 0.25) is 0 Å². The van der Waals surface area contributed by atoms with Gasteiger partial charge in [0.25, 0.3) is 0 Å². The van der Waals surface area contributed by atoms with Crippen LogP contribution in [0, 0.1) is 13.8 Å². The summed E-state index contributed by atoms with van der Waals surface area (Å²) in [6, 6.07) is 0. The van der Waals surface area contributed by atoms with Crippen molar-refractivity contribution >= 4 is 5.82 Å². The molecule has 14 heavy (non-hydrogen) atoms. The van der Waals surface area contributed by atoms with Gasteiger partial charge in [0.1, 0.15) is 18.3 Å². The van der Waals surface area contributed by atoms with Crippen molar-refractivity contribution in [1.29, 1.82) is 0 Å². The average Bonchev–Trinajstić information content (AvgIpc) is 2.57. The number of halogens is 1. The summed E-state index contributed by atoms with van der Waals surface area (Å²) in [5.41, 5.74) is 2.03. The van der Waals surface area contributed by atoms with Crippen molar-refractivity contribution in [1.82, 2.24) is 9.97 Å². The molecule has 0 saturated carbocycles. The van der Waals surface area contributed by atoms with Gasteiger partial charge in [0, 0.05) is 17.8 Å². The first-order valence-electron chi connectivity index (χ1n) is 4.85. The molecule has 0 N–H and O–H groups in total. The van der Waals surface area contributed by atoms with Crippen LogP contribution in [-0.4, -0.2) is 29.2 Å². The zero-order valence-corrected chi connectivity index (χ0v) is 8.50. The Morgan fingerprint density at radius 3 is 2.86 bits per heavy atom. The summed E-state index contributed by atoms with van der Waals surface area (Å²) in [5, 5.41) is 0. The van der Waals surface area contributed by atoms with E-state index < -0.39 is 6.17 Å². The van der Waals surface area contributed by atoms with Gasteiger partial charge in [-0.2, -0.15) is 0 Å². The summed E-state index contributed by atoms with van der Waals surface area (Å²) in [5.74, 6) is 0.887. The molecule has 1 fully saturated rings. The Bertz CT molecular complexity index is 340. The Morgan fingerprint density at radius 1 is 1.43 bits per heavy atom. The van der Waals surface area contributed by atoms with Gasteiger partial charge in [0.05, 0.1) is 6.54 Å². The van der Waals surface area contributed by atoms with E-state index in [-0.39, 0.29) is 0 Å². The molecule has 1 saturated heterocycles. The molecule has 1 aromatic rings. The molecule has 0 radical (unpaired) electrons. The van der Waals surface area contributed by atoms with Crippen molar-refractivity contribution in [3.05, 3.63) is 17.6 Å². The highest BCUT2D eigenvalue weighted by molar-refractivity contribution is 5.48. The summed E-state index contributed by atoms with van der Waals surface area (Å²) in [6.45, 7) is 5.16. The smallest absolute Gasteiger partial charge is 0.135 e. The number of nitrogens with zero attached hydrogens (tertiary/aromatic N) is 3. The lowest BCUT2D eigenvalue weighted by Crippen LogP contribution is -2.22. The van der Waals surface area contributed by atoms with Gasteiger partial charge in [-0.05, 0) is 20.3 Å². The van der Waals surface area contributed by atoms with Crippen LogP contribution >= 0.6 is 0 Å². The van der Waals surface area contributed by atoms with Crippen LogP contribution < -0.4 is 4.90 Å². The van der Waals surface area contributed by atoms with Gasteiger partial charge in [-0.3, -0.25) is 0 Å². The molecule has 0 aliphatic carbocycles. The number of hydrogen-bond acceptors (Lipinski definition) is 3. The van der Waals surface area contributed by atoms with Crippen molar-refractivity contribution < 1.29 is 4.39 Å². The van der Waals surface area contributed by atoms with E-state index in [1.807, 2.05) is 18.7 Å². The lowest BCUT2D eigenvalue weighted by atomic mass is 10.2. The van der Waals surface area contributed by atoms with Gasteiger partial charge in [0.15, 0.2) is 0 Å². The van der Waals surface area contributed by atoms with Crippen LogP contribution in [0.4, 0.5) is 10.2 Å². The van der Waals surface area contributed by atoms with E-state index in [1.54, 1.807) is 6.33 Å². The van der Waals surface area contributed by atoms with Gasteiger partial charge in [-0.1, -0.05) is 0 Å². The molecule has 1 aliphatic rings. The summed E-state index contributed by atoms with van der Waals surface area (Å²) in [6.07, 6.45) is 1.45. The van der Waals surface area contributed by atoms with E-state index in [9.17, 15) is 4.39 Å². The van der Waals surface area contributed by atoms with Crippen molar-refractivity contribution in [3.8, 4) is 0 Å². The highest BCUT2D eigenvalue weighted by Gasteiger charge is 2.24. The monoisotopic (exact) mass is 195 g/mol. The molecule has 1 aliphatic heterocycles. The van der Waals surface area contributed by atoms with Crippen LogP contribution in [0.2, 0.25) is 0 Å². The van der Waals surface area contributed by atoms with E-state index in [0.717, 1.165) is 23.6 Å². The summed E-state index contributed by atoms with van der Waals surface area (Å²) < 4.78 is 13.0. The standard InChI is InChI=1S/C10H14FN3/c1-7-8(2)12-6-13-10(7)14-4-3-9(11)5-14/h6,9H,3-5H2,1-2H3. The largest absolute Gasteiger partial charge is 0.353 e. The molecule has 0 amide bonds. The fourth-order valence-electron chi connectivity index (χ4n) is 1.75. The van der Waals surface area contributed by atoms with E-state index in [0.29, 0.717) is 13.0 Å². The topological polar surface area (TPSA) is 29.0 Å². The third-order valence-electron chi connectivity index (χ3n) is 2.74. The zero-order valence-electron chi connectivity index (χ0n) is 8.50. The van der Waals surface area contributed by atoms with Crippen LogP contribution in [-0.2, 0) is 0 Å². The minimum atomic E-state index is -0.704. The Balaban J connectivity index is 2.28. The maximum atomic E-state index is 13.0. The molecule has 3 nitrogen and oxygen atoms in total. The SMILES string of the molecule is Cc1ncnc(N2CCC(F)C2)c1C. The molecule has 76 valence electrons. The third-order valence-corrected chi connectivity index (χ3v) is 2.74. The molecule has 4 heteroatoms. The van der Waals surface area contributed by atoms with E-state index >= 15 is 0 Å². The summed E-state index contributed by atoms with van der Waals surface area (Å²) in [4.78, 5) is 10.3. The van der Waals surface area contributed by atoms with Crippen molar-refractivity contribution in [2.45, 2.75) is 26.4 Å². The van der Waals surface area contributed by atoms with Gasteiger partial charge >= 0.3 is 0 Å². The Morgan fingerprint density at radius 2 is 2.21 bits per heavy atom. The normalized spacial score (nSPS) is 21.6. The van der Waals surface area contributed by atoms with Crippen LogP contribution in [0.25, 0.3) is 0 Å². The maximum Gasteiger partial charge on any atom is 0.135 e. The molecular formula is C10H14FN3. The first-order valence-corrected chi connectivity index (χ1v) is 4.85. The Labute approximate surface area is 83.0 Å². The van der Waals surface area contributed by atoms with E-state index in [2.05, 4.69) is 9.97 Å². The molecule has 2 heterocycles. The first kappa shape index (κ1) is 9.37. The molecular weight excluding hydrogens is 181 g/mol. The highest BCUT2D eigenvalue weighted by Crippen LogP contribution is 2.23.